The molecule has 7 nitrogen and oxygen atoms in total. The van der Waals surface area contributed by atoms with Gasteiger partial charge in [-0.05, 0) is 23.5 Å². The number of anilines is 1. The summed E-state index contributed by atoms with van der Waals surface area (Å²) in [5, 5.41) is 13.3. The Morgan fingerprint density at radius 3 is 2.84 bits per heavy atom. The number of benzene rings is 1. The van der Waals surface area contributed by atoms with Crippen LogP contribution in [0.3, 0.4) is 0 Å². The Labute approximate surface area is 191 Å². The lowest BCUT2D eigenvalue weighted by Gasteiger charge is -2.27. The molecule has 0 saturated carbocycles. The third kappa shape index (κ3) is 4.89. The van der Waals surface area contributed by atoms with E-state index in [-0.39, 0.29) is 17.7 Å². The smallest absolute Gasteiger partial charge is 0.225 e. The molecule has 0 saturated heterocycles. The maximum absolute atomic E-state index is 12.7. The molecule has 0 fully saturated rings. The van der Waals surface area contributed by atoms with Gasteiger partial charge in [0.15, 0.2) is 0 Å². The van der Waals surface area contributed by atoms with Gasteiger partial charge in [-0.3, -0.25) is 9.59 Å². The highest BCUT2D eigenvalue weighted by atomic mass is 32.1. The number of hydrogen-bond donors (Lipinski definition) is 1. The number of nitrogens with one attached hydrogen (secondary N) is 1. The highest BCUT2D eigenvalue weighted by molar-refractivity contribution is 7.16. The second kappa shape index (κ2) is 9.79. The van der Waals surface area contributed by atoms with Crippen LogP contribution in [0.2, 0.25) is 0 Å². The van der Waals surface area contributed by atoms with Crippen LogP contribution in [0.5, 0.6) is 0 Å². The van der Waals surface area contributed by atoms with Gasteiger partial charge in [-0.1, -0.05) is 37.3 Å². The minimum absolute atomic E-state index is 0.0820. The van der Waals surface area contributed by atoms with Gasteiger partial charge < -0.3 is 14.8 Å². The Hall–Kier alpha value is -3.44. The van der Waals surface area contributed by atoms with Crippen molar-refractivity contribution in [2.75, 3.05) is 11.9 Å². The lowest BCUT2D eigenvalue weighted by atomic mass is 9.97. The van der Waals surface area contributed by atoms with Crippen LogP contribution in [-0.4, -0.2) is 32.8 Å². The number of nitrogens with zero attached hydrogens (tertiary/aromatic N) is 4. The number of carbonyl (C=O) groups is 2. The largest absolute Gasteiger partial charge is 0.337 e. The van der Waals surface area contributed by atoms with Crippen LogP contribution in [0.25, 0.3) is 0 Å². The number of aromatic nitrogens is 2. The quantitative estimate of drug-likeness (QED) is 0.594. The molecule has 1 aliphatic rings. The summed E-state index contributed by atoms with van der Waals surface area (Å²) in [7, 11) is 0. The molecule has 0 spiro atoms. The van der Waals surface area contributed by atoms with Crippen LogP contribution in [-0.2, 0) is 29.1 Å². The second-order valence-electron chi connectivity index (χ2n) is 8.00. The van der Waals surface area contributed by atoms with E-state index in [0.717, 1.165) is 16.0 Å². The SMILES string of the molecule is C[C@@H](CC(=O)Nc1sc2c(c1C#N)CCN(C(=O)CCn1ccnc1)C2)c1ccccc1. The van der Waals surface area contributed by atoms with Crippen LogP contribution in [0.15, 0.2) is 49.1 Å². The van der Waals surface area contributed by atoms with E-state index < -0.39 is 0 Å². The van der Waals surface area contributed by atoms with E-state index in [1.54, 1.807) is 12.5 Å². The highest BCUT2D eigenvalue weighted by Gasteiger charge is 2.27. The third-order valence-electron chi connectivity index (χ3n) is 5.78. The minimum atomic E-state index is -0.107. The lowest BCUT2D eigenvalue weighted by molar-refractivity contribution is -0.132. The fraction of sp³-hybridized carbons (Fsp3) is 0.333. The van der Waals surface area contributed by atoms with Crippen LogP contribution < -0.4 is 5.32 Å². The maximum Gasteiger partial charge on any atom is 0.225 e. The number of fused-ring (bicyclic) bond motifs is 1. The zero-order valence-corrected chi connectivity index (χ0v) is 18.8. The van der Waals surface area contributed by atoms with E-state index in [1.165, 1.54) is 11.3 Å². The first kappa shape index (κ1) is 21.8. The summed E-state index contributed by atoms with van der Waals surface area (Å²) < 4.78 is 1.89. The number of imidazole rings is 1. The average molecular weight is 448 g/mol. The van der Waals surface area contributed by atoms with Crippen molar-refractivity contribution < 1.29 is 9.59 Å². The van der Waals surface area contributed by atoms with Crippen molar-refractivity contribution >= 4 is 28.2 Å². The first-order valence-corrected chi connectivity index (χ1v) is 11.5. The normalized spacial score (nSPS) is 13.8. The number of carbonyl (C=O) groups excluding carboxylic acids is 2. The fourth-order valence-corrected chi connectivity index (χ4v) is 5.21. The topological polar surface area (TPSA) is 91.0 Å². The molecule has 2 aromatic heterocycles. The zero-order valence-electron chi connectivity index (χ0n) is 18.0. The third-order valence-corrected chi connectivity index (χ3v) is 6.91. The molecule has 32 heavy (non-hydrogen) atoms. The molecule has 4 rings (SSSR count). The number of rotatable bonds is 7. The van der Waals surface area contributed by atoms with E-state index >= 15 is 0 Å². The summed E-state index contributed by atoms with van der Waals surface area (Å²) in [4.78, 5) is 32.1. The number of nitriles is 1. The molecule has 0 unspecified atom stereocenters. The average Bonchev–Trinajstić information content (AvgIpc) is 3.44. The molecule has 2 amide bonds. The van der Waals surface area contributed by atoms with E-state index in [0.29, 0.717) is 49.5 Å². The van der Waals surface area contributed by atoms with Gasteiger partial charge in [-0.2, -0.15) is 5.26 Å². The van der Waals surface area contributed by atoms with Gasteiger partial charge in [-0.15, -0.1) is 11.3 Å². The molecule has 1 atom stereocenters. The van der Waals surface area contributed by atoms with Gasteiger partial charge in [0.05, 0.1) is 18.4 Å². The van der Waals surface area contributed by atoms with Gasteiger partial charge in [-0.25, -0.2) is 4.98 Å². The monoisotopic (exact) mass is 447 g/mol. The molecule has 3 aromatic rings. The number of aryl methyl sites for hydroxylation is 1. The van der Waals surface area contributed by atoms with Crippen molar-refractivity contribution in [1.29, 1.82) is 5.26 Å². The first-order chi connectivity index (χ1) is 15.5. The van der Waals surface area contributed by atoms with Gasteiger partial charge in [0.2, 0.25) is 11.8 Å². The van der Waals surface area contributed by atoms with Crippen molar-refractivity contribution in [3.8, 4) is 6.07 Å². The fourth-order valence-electron chi connectivity index (χ4n) is 3.98. The van der Waals surface area contributed by atoms with Crippen LogP contribution in [0.1, 0.15) is 47.3 Å². The number of thiophene rings is 1. The van der Waals surface area contributed by atoms with Crippen LogP contribution >= 0.6 is 11.3 Å². The Morgan fingerprint density at radius 1 is 1.31 bits per heavy atom. The van der Waals surface area contributed by atoms with E-state index in [2.05, 4.69) is 16.4 Å². The predicted molar refractivity (Wildman–Crippen MR) is 123 cm³/mol. The molecule has 1 aliphatic heterocycles. The zero-order chi connectivity index (χ0) is 22.5. The van der Waals surface area contributed by atoms with E-state index in [4.69, 9.17) is 0 Å². The Bertz CT molecular complexity index is 1130. The Morgan fingerprint density at radius 2 is 2.12 bits per heavy atom. The number of amides is 2. The summed E-state index contributed by atoms with van der Waals surface area (Å²) in [6.07, 6.45) is 6.62. The molecule has 0 aliphatic carbocycles. The summed E-state index contributed by atoms with van der Waals surface area (Å²) in [6.45, 7) is 3.68. The molecule has 0 bridgehead atoms. The van der Waals surface area contributed by atoms with Crippen molar-refractivity contribution in [2.24, 2.45) is 0 Å². The van der Waals surface area contributed by atoms with Crippen LogP contribution in [0.4, 0.5) is 5.00 Å². The highest BCUT2D eigenvalue weighted by Crippen LogP contribution is 2.37. The standard InChI is InChI=1S/C24H25N5O2S/c1-17(18-5-3-2-4-6-18)13-22(30)27-24-20(14-25)19-7-11-29(15-21(19)32-24)23(31)8-10-28-12-9-26-16-28/h2-6,9,12,16-17H,7-8,10-11,13,15H2,1H3,(H,27,30)/t17-/m0/s1. The maximum atomic E-state index is 12.7. The molecular formula is C24H25N5O2S. The Kier molecular flexibility index (Phi) is 6.66. The summed E-state index contributed by atoms with van der Waals surface area (Å²) >= 11 is 1.41. The summed E-state index contributed by atoms with van der Waals surface area (Å²) in [5.41, 5.74) is 2.61. The van der Waals surface area contributed by atoms with Gasteiger partial charge in [0, 0.05) is 43.2 Å². The summed E-state index contributed by atoms with van der Waals surface area (Å²) in [6, 6.07) is 12.2. The van der Waals surface area contributed by atoms with Gasteiger partial charge in [0.1, 0.15) is 11.1 Å². The van der Waals surface area contributed by atoms with E-state index in [1.807, 2.05) is 52.9 Å². The van der Waals surface area contributed by atoms with Crippen molar-refractivity contribution in [3.63, 3.8) is 0 Å². The van der Waals surface area contributed by atoms with E-state index in [9.17, 15) is 14.9 Å². The van der Waals surface area contributed by atoms with Gasteiger partial charge >= 0.3 is 0 Å². The Balaban J connectivity index is 1.40. The van der Waals surface area contributed by atoms with Crippen molar-refractivity contribution in [2.45, 2.75) is 45.2 Å². The first-order valence-electron chi connectivity index (χ1n) is 10.7. The molecular weight excluding hydrogens is 422 g/mol. The van der Waals surface area contributed by atoms with Crippen molar-refractivity contribution in [1.82, 2.24) is 14.5 Å². The number of hydrogen-bond acceptors (Lipinski definition) is 5. The molecule has 3 heterocycles. The summed E-state index contributed by atoms with van der Waals surface area (Å²) in [5.74, 6) is 0.0585. The van der Waals surface area contributed by atoms with Gasteiger partial charge in [0.25, 0.3) is 0 Å². The predicted octanol–water partition coefficient (Wildman–Crippen LogP) is 3.92. The lowest BCUT2D eigenvalue weighted by Crippen LogP contribution is -2.35. The second-order valence-corrected chi connectivity index (χ2v) is 9.10. The van der Waals surface area contributed by atoms with Crippen molar-refractivity contribution in [3.05, 3.63) is 70.6 Å². The molecule has 1 N–H and O–H groups in total. The molecule has 0 radical (unpaired) electrons. The molecule has 164 valence electrons. The van der Waals surface area contributed by atoms with Crippen LogP contribution in [0, 0.1) is 11.3 Å². The molecule has 1 aromatic carbocycles. The minimum Gasteiger partial charge on any atom is -0.337 e. The molecule has 8 heteroatoms.